The number of likely N-dealkylation sites (tertiary alicyclic amines) is 2. The molecule has 0 aromatic rings. The maximum Gasteiger partial charge on any atom is 0.410 e. The molecule has 1 unspecified atom stereocenters. The van der Waals surface area contributed by atoms with Crippen LogP contribution in [0.2, 0.25) is 18.1 Å². The molecule has 0 bridgehead atoms. The first-order valence-electron chi connectivity index (χ1n) is 10.6. The van der Waals surface area contributed by atoms with Crippen LogP contribution in [0.1, 0.15) is 61.3 Å². The Hall–Kier alpha value is -0.593. The molecule has 3 atom stereocenters. The summed E-state index contributed by atoms with van der Waals surface area (Å²) in [5.74, 6) is 0.519. The van der Waals surface area contributed by atoms with Crippen molar-refractivity contribution < 1.29 is 14.0 Å². The number of nitrogens with zero attached hydrogens (tertiary/aromatic N) is 2. The molecule has 1 amide bonds. The molecule has 27 heavy (non-hydrogen) atoms. The lowest BCUT2D eigenvalue weighted by atomic mass is 9.96. The van der Waals surface area contributed by atoms with Crippen molar-refractivity contribution in [2.24, 2.45) is 5.92 Å². The molecule has 0 saturated carbocycles. The highest BCUT2D eigenvalue weighted by Crippen LogP contribution is 2.40. The molecule has 0 aliphatic carbocycles. The Bertz CT molecular complexity index is 525. The van der Waals surface area contributed by atoms with E-state index in [4.69, 9.17) is 9.16 Å². The Morgan fingerprint density at radius 1 is 1.11 bits per heavy atom. The van der Waals surface area contributed by atoms with Crippen molar-refractivity contribution in [1.29, 1.82) is 0 Å². The van der Waals surface area contributed by atoms with Gasteiger partial charge in [-0.05, 0) is 70.8 Å². The molecule has 158 valence electrons. The second-order valence-electron chi connectivity index (χ2n) is 10.9. The fourth-order valence-electron chi connectivity index (χ4n) is 3.95. The van der Waals surface area contributed by atoms with Gasteiger partial charge in [-0.1, -0.05) is 27.7 Å². The number of hydrogen-bond acceptors (Lipinski definition) is 4. The van der Waals surface area contributed by atoms with Crippen LogP contribution in [0.5, 0.6) is 0 Å². The van der Waals surface area contributed by atoms with Crippen molar-refractivity contribution in [2.45, 2.75) is 97.2 Å². The van der Waals surface area contributed by atoms with Crippen LogP contribution in [0.25, 0.3) is 0 Å². The van der Waals surface area contributed by atoms with E-state index in [-0.39, 0.29) is 23.3 Å². The van der Waals surface area contributed by atoms with E-state index < -0.39 is 13.9 Å². The van der Waals surface area contributed by atoms with Crippen molar-refractivity contribution in [3.63, 3.8) is 0 Å². The maximum atomic E-state index is 12.9. The molecule has 6 heteroatoms. The lowest BCUT2D eigenvalue weighted by Crippen LogP contribution is -2.45. The van der Waals surface area contributed by atoms with Gasteiger partial charge in [0.05, 0.1) is 6.10 Å². The van der Waals surface area contributed by atoms with E-state index in [0.717, 1.165) is 32.5 Å². The minimum atomic E-state index is -1.86. The number of rotatable bonds is 4. The standard InChI is InChI=1S/C21H42N2O3Si/c1-10-22-12-11-16(14-22)18-13-17(26-27(8,9)21(5,6)7)15-23(18)19(24)25-20(2,3)4/h16-18H,10-15H2,1-9H3/t16?,17-,18+/m1/s1. The first kappa shape index (κ1) is 22.7. The molecule has 2 saturated heterocycles. The number of amides is 1. The van der Waals surface area contributed by atoms with E-state index in [2.05, 4.69) is 45.7 Å². The van der Waals surface area contributed by atoms with Crippen LogP contribution in [0, 0.1) is 5.92 Å². The summed E-state index contributed by atoms with van der Waals surface area (Å²) < 4.78 is 12.4. The third-order valence-corrected chi connectivity index (χ3v) is 11.0. The lowest BCUT2D eigenvalue weighted by Gasteiger charge is -2.38. The number of ether oxygens (including phenoxy) is 1. The summed E-state index contributed by atoms with van der Waals surface area (Å²) >= 11 is 0. The van der Waals surface area contributed by atoms with Gasteiger partial charge in [-0.15, -0.1) is 0 Å². The zero-order valence-corrected chi connectivity index (χ0v) is 20.1. The van der Waals surface area contributed by atoms with Crippen molar-refractivity contribution in [3.8, 4) is 0 Å². The van der Waals surface area contributed by atoms with Crippen LogP contribution >= 0.6 is 0 Å². The lowest BCUT2D eigenvalue weighted by molar-refractivity contribution is 0.0168. The van der Waals surface area contributed by atoms with Gasteiger partial charge in [-0.3, -0.25) is 0 Å². The van der Waals surface area contributed by atoms with Crippen molar-refractivity contribution in [3.05, 3.63) is 0 Å². The van der Waals surface area contributed by atoms with Crippen LogP contribution in [-0.4, -0.2) is 68.1 Å². The predicted molar refractivity (Wildman–Crippen MR) is 114 cm³/mol. The van der Waals surface area contributed by atoms with E-state index >= 15 is 0 Å². The van der Waals surface area contributed by atoms with Crippen molar-refractivity contribution >= 4 is 14.4 Å². The minimum Gasteiger partial charge on any atom is -0.444 e. The Kier molecular flexibility index (Phi) is 6.75. The quantitative estimate of drug-likeness (QED) is 0.642. The number of carbonyl (C=O) groups is 1. The summed E-state index contributed by atoms with van der Waals surface area (Å²) in [6, 6.07) is 0.228. The Morgan fingerprint density at radius 2 is 1.74 bits per heavy atom. The molecule has 2 aliphatic rings. The SMILES string of the molecule is CCN1CCC([C@@H]2C[C@@H](O[Si](C)(C)C(C)(C)C)CN2C(=O)OC(C)(C)C)C1. The summed E-state index contributed by atoms with van der Waals surface area (Å²) in [6.07, 6.45) is 2.04. The van der Waals surface area contributed by atoms with Crippen molar-refractivity contribution in [1.82, 2.24) is 9.80 Å². The number of carbonyl (C=O) groups excluding carboxylic acids is 1. The smallest absolute Gasteiger partial charge is 0.410 e. The fraction of sp³-hybridized carbons (Fsp3) is 0.952. The van der Waals surface area contributed by atoms with Crippen LogP contribution < -0.4 is 0 Å². The maximum absolute atomic E-state index is 12.9. The van der Waals surface area contributed by atoms with Crippen LogP contribution in [0.4, 0.5) is 4.79 Å². The van der Waals surface area contributed by atoms with Crippen LogP contribution in [-0.2, 0) is 9.16 Å². The average Bonchev–Trinajstić information content (AvgIpc) is 3.09. The van der Waals surface area contributed by atoms with E-state index in [0.29, 0.717) is 12.5 Å². The summed E-state index contributed by atoms with van der Waals surface area (Å²) in [5.41, 5.74) is -0.467. The van der Waals surface area contributed by atoms with Gasteiger partial charge in [0.2, 0.25) is 0 Å². The van der Waals surface area contributed by atoms with Gasteiger partial charge in [-0.25, -0.2) is 4.79 Å². The van der Waals surface area contributed by atoms with E-state index in [1.807, 2.05) is 25.7 Å². The average molecular weight is 399 g/mol. The fourth-order valence-corrected chi connectivity index (χ4v) is 5.30. The molecule has 2 heterocycles. The third-order valence-electron chi connectivity index (χ3n) is 6.50. The Morgan fingerprint density at radius 3 is 2.22 bits per heavy atom. The summed E-state index contributed by atoms with van der Waals surface area (Å²) in [4.78, 5) is 17.4. The van der Waals surface area contributed by atoms with Gasteiger partial charge >= 0.3 is 6.09 Å². The highest BCUT2D eigenvalue weighted by molar-refractivity contribution is 6.74. The van der Waals surface area contributed by atoms with Crippen molar-refractivity contribution in [2.75, 3.05) is 26.2 Å². The monoisotopic (exact) mass is 398 g/mol. The molecule has 2 rings (SSSR count). The van der Waals surface area contributed by atoms with E-state index in [9.17, 15) is 4.79 Å². The molecule has 0 spiro atoms. The molecular formula is C21H42N2O3Si. The van der Waals surface area contributed by atoms with Gasteiger partial charge in [0.25, 0.3) is 0 Å². The molecule has 0 aromatic heterocycles. The molecule has 5 nitrogen and oxygen atoms in total. The van der Waals surface area contributed by atoms with Gasteiger partial charge in [-0.2, -0.15) is 0 Å². The zero-order chi connectivity index (χ0) is 20.6. The second-order valence-corrected chi connectivity index (χ2v) is 15.6. The Balaban J connectivity index is 2.14. The highest BCUT2D eigenvalue weighted by atomic mass is 28.4. The van der Waals surface area contributed by atoms with Gasteiger partial charge in [0, 0.05) is 19.1 Å². The largest absolute Gasteiger partial charge is 0.444 e. The second kappa shape index (κ2) is 8.03. The minimum absolute atomic E-state index is 0.124. The van der Waals surface area contributed by atoms with Gasteiger partial charge in [0.1, 0.15) is 5.60 Å². The van der Waals surface area contributed by atoms with E-state index in [1.165, 1.54) is 0 Å². The summed E-state index contributed by atoms with van der Waals surface area (Å²) in [6.45, 7) is 23.4. The normalized spacial score (nSPS) is 28.0. The number of hydrogen-bond donors (Lipinski definition) is 0. The first-order valence-corrected chi connectivity index (χ1v) is 13.5. The van der Waals surface area contributed by atoms with Gasteiger partial charge in [0.15, 0.2) is 8.32 Å². The molecule has 0 radical (unpaired) electrons. The first-order chi connectivity index (χ1) is 12.2. The highest BCUT2D eigenvalue weighted by Gasteiger charge is 2.47. The molecular weight excluding hydrogens is 356 g/mol. The van der Waals surface area contributed by atoms with Crippen LogP contribution in [0.15, 0.2) is 0 Å². The predicted octanol–water partition coefficient (Wildman–Crippen LogP) is 4.73. The zero-order valence-electron chi connectivity index (χ0n) is 19.1. The Labute approximate surface area is 167 Å². The molecule has 0 aromatic carbocycles. The van der Waals surface area contributed by atoms with Crippen LogP contribution in [0.3, 0.4) is 0 Å². The van der Waals surface area contributed by atoms with E-state index in [1.54, 1.807) is 0 Å². The van der Waals surface area contributed by atoms with Gasteiger partial charge < -0.3 is 19.0 Å². The summed E-state index contributed by atoms with van der Waals surface area (Å²) in [5, 5.41) is 0.175. The molecule has 2 aliphatic heterocycles. The molecule has 2 fully saturated rings. The summed E-state index contributed by atoms with van der Waals surface area (Å²) in [7, 11) is -1.86. The molecule has 0 N–H and O–H groups in total. The third kappa shape index (κ3) is 5.70. The topological polar surface area (TPSA) is 42.0 Å².